The molecule has 1 unspecified atom stereocenters. The van der Waals surface area contributed by atoms with E-state index in [2.05, 4.69) is 35.5 Å². The molecule has 134 valence electrons. The van der Waals surface area contributed by atoms with Gasteiger partial charge in [0.2, 0.25) is 5.91 Å². The zero-order chi connectivity index (χ0) is 17.0. The Kier molecular flexibility index (Phi) is 7.31. The van der Waals surface area contributed by atoms with E-state index in [0.717, 1.165) is 17.7 Å². The molecule has 2 rings (SSSR count). The van der Waals surface area contributed by atoms with E-state index < -0.39 is 0 Å². The van der Waals surface area contributed by atoms with Crippen molar-refractivity contribution >= 4 is 35.8 Å². The first-order chi connectivity index (χ1) is 10.8. The lowest BCUT2D eigenvalue weighted by Crippen LogP contribution is -2.47. The first-order valence-electron chi connectivity index (χ1n) is 7.77. The number of benzene rings is 1. The third-order valence-corrected chi connectivity index (χ3v) is 3.82. The molecule has 1 aliphatic heterocycles. The number of rotatable bonds is 3. The zero-order valence-electron chi connectivity index (χ0n) is 14.9. The van der Waals surface area contributed by atoms with E-state index in [-0.39, 0.29) is 48.1 Å². The fraction of sp³-hybridized carbons (Fsp3) is 0.529. The average molecular weight is 446 g/mol. The Morgan fingerprint density at radius 3 is 2.67 bits per heavy atom. The van der Waals surface area contributed by atoms with Crippen LogP contribution in [0, 0.1) is 0 Å². The summed E-state index contributed by atoms with van der Waals surface area (Å²) in [6.45, 7) is 4.35. The smallest absolute Gasteiger partial charge is 0.241 e. The minimum atomic E-state index is -0.260. The van der Waals surface area contributed by atoms with Crippen LogP contribution in [0.1, 0.15) is 31.9 Å². The predicted molar refractivity (Wildman–Crippen MR) is 107 cm³/mol. The Labute approximate surface area is 161 Å². The quantitative estimate of drug-likeness (QED) is 0.425. The van der Waals surface area contributed by atoms with Crippen molar-refractivity contribution in [3.8, 4) is 5.75 Å². The van der Waals surface area contributed by atoms with Crippen molar-refractivity contribution in [1.29, 1.82) is 0 Å². The number of ether oxygens (including phenoxy) is 1. The van der Waals surface area contributed by atoms with Crippen LogP contribution in [0.15, 0.2) is 29.3 Å². The lowest BCUT2D eigenvalue weighted by Gasteiger charge is -2.38. The summed E-state index contributed by atoms with van der Waals surface area (Å²) in [6.07, 6.45) is 0.812. The summed E-state index contributed by atoms with van der Waals surface area (Å²) in [6, 6.07) is 8.09. The minimum Gasteiger partial charge on any atom is -0.487 e. The molecule has 0 fully saturated rings. The molecule has 0 saturated heterocycles. The summed E-state index contributed by atoms with van der Waals surface area (Å²) < 4.78 is 6.03. The summed E-state index contributed by atoms with van der Waals surface area (Å²) in [7, 11) is 5.17. The number of carbonyl (C=O) groups excluding carboxylic acids is 1. The molecule has 1 aromatic rings. The van der Waals surface area contributed by atoms with E-state index in [1.807, 2.05) is 18.2 Å². The van der Waals surface area contributed by atoms with Crippen LogP contribution in [0.25, 0.3) is 0 Å². The lowest BCUT2D eigenvalue weighted by molar-refractivity contribution is -0.127. The maximum Gasteiger partial charge on any atom is 0.241 e. The highest BCUT2D eigenvalue weighted by atomic mass is 127. The third kappa shape index (κ3) is 5.25. The number of hydrogen-bond donors (Lipinski definition) is 2. The molecule has 24 heavy (non-hydrogen) atoms. The number of halogens is 1. The second-order valence-electron chi connectivity index (χ2n) is 6.51. The highest BCUT2D eigenvalue weighted by Gasteiger charge is 2.33. The van der Waals surface area contributed by atoms with Gasteiger partial charge in [0.1, 0.15) is 11.4 Å². The van der Waals surface area contributed by atoms with E-state index in [4.69, 9.17) is 4.74 Å². The van der Waals surface area contributed by atoms with Crippen molar-refractivity contribution in [2.75, 3.05) is 27.7 Å². The Morgan fingerprint density at radius 2 is 2.04 bits per heavy atom. The fourth-order valence-electron chi connectivity index (χ4n) is 2.61. The van der Waals surface area contributed by atoms with E-state index >= 15 is 0 Å². The summed E-state index contributed by atoms with van der Waals surface area (Å²) >= 11 is 0. The van der Waals surface area contributed by atoms with Gasteiger partial charge in [0.05, 0.1) is 12.6 Å². The SMILES string of the molecule is CN=C(NCC(=O)N(C)C)NC1CC(C)(C)Oc2ccccc21.I. The van der Waals surface area contributed by atoms with Gasteiger partial charge in [0, 0.05) is 33.1 Å². The first-order valence-corrected chi connectivity index (χ1v) is 7.77. The molecule has 0 aromatic heterocycles. The summed E-state index contributed by atoms with van der Waals surface area (Å²) in [5.74, 6) is 1.50. The Balaban J connectivity index is 0.00000288. The Hall–Kier alpha value is -1.51. The number of likely N-dealkylation sites (N-methyl/N-ethyl adjacent to an activating group) is 1. The highest BCUT2D eigenvalue weighted by molar-refractivity contribution is 14.0. The number of aliphatic imine (C=N–C) groups is 1. The minimum absolute atomic E-state index is 0. The molecular formula is C17H27IN4O2. The Bertz CT molecular complexity index is 602. The Morgan fingerprint density at radius 1 is 1.38 bits per heavy atom. The second-order valence-corrected chi connectivity index (χ2v) is 6.51. The van der Waals surface area contributed by atoms with E-state index in [0.29, 0.717) is 5.96 Å². The van der Waals surface area contributed by atoms with Crippen LogP contribution in [0.3, 0.4) is 0 Å². The molecule has 0 spiro atoms. The van der Waals surface area contributed by atoms with Gasteiger partial charge in [0.15, 0.2) is 5.96 Å². The fourth-order valence-corrected chi connectivity index (χ4v) is 2.61. The largest absolute Gasteiger partial charge is 0.487 e. The topological polar surface area (TPSA) is 66.0 Å². The van der Waals surface area contributed by atoms with Crippen molar-refractivity contribution in [1.82, 2.24) is 15.5 Å². The van der Waals surface area contributed by atoms with Gasteiger partial charge in [-0.25, -0.2) is 0 Å². The van der Waals surface area contributed by atoms with Crippen molar-refractivity contribution in [2.24, 2.45) is 4.99 Å². The first kappa shape index (κ1) is 20.5. The molecule has 0 bridgehead atoms. The number of carbonyl (C=O) groups is 1. The number of amides is 1. The molecule has 1 aliphatic rings. The van der Waals surface area contributed by atoms with Crippen LogP contribution in [0.5, 0.6) is 5.75 Å². The molecule has 1 aromatic carbocycles. The lowest BCUT2D eigenvalue weighted by atomic mass is 9.90. The van der Waals surface area contributed by atoms with Crippen LogP contribution in [-0.2, 0) is 4.79 Å². The molecule has 0 aliphatic carbocycles. The molecule has 0 radical (unpaired) electrons. The van der Waals surface area contributed by atoms with Crippen molar-refractivity contribution in [3.63, 3.8) is 0 Å². The molecule has 1 atom stereocenters. The monoisotopic (exact) mass is 446 g/mol. The summed E-state index contributed by atoms with van der Waals surface area (Å²) in [5, 5.41) is 6.46. The maximum absolute atomic E-state index is 11.7. The van der Waals surface area contributed by atoms with Gasteiger partial charge in [-0.05, 0) is 19.9 Å². The highest BCUT2D eigenvalue weighted by Crippen LogP contribution is 2.39. The van der Waals surface area contributed by atoms with Crippen molar-refractivity contribution in [3.05, 3.63) is 29.8 Å². The van der Waals surface area contributed by atoms with E-state index in [1.54, 1.807) is 26.0 Å². The van der Waals surface area contributed by atoms with Crippen LogP contribution in [-0.4, -0.2) is 50.1 Å². The maximum atomic E-state index is 11.7. The van der Waals surface area contributed by atoms with Gasteiger partial charge in [-0.1, -0.05) is 18.2 Å². The predicted octanol–water partition coefficient (Wildman–Crippen LogP) is 2.16. The van der Waals surface area contributed by atoms with Crippen molar-refractivity contribution in [2.45, 2.75) is 31.9 Å². The summed E-state index contributed by atoms with van der Waals surface area (Å²) in [4.78, 5) is 17.5. The van der Waals surface area contributed by atoms with Gasteiger partial charge >= 0.3 is 0 Å². The standard InChI is InChI=1S/C17H26N4O2.HI/c1-17(2)10-13(12-8-6-7-9-14(12)23-17)20-16(18-3)19-11-15(22)21(4)5;/h6-9,13H,10-11H2,1-5H3,(H2,18,19,20);1H. The van der Waals surface area contributed by atoms with Gasteiger partial charge in [-0.3, -0.25) is 9.79 Å². The van der Waals surface area contributed by atoms with Crippen LogP contribution >= 0.6 is 24.0 Å². The second kappa shape index (κ2) is 8.55. The van der Waals surface area contributed by atoms with Gasteiger partial charge in [0.25, 0.3) is 0 Å². The van der Waals surface area contributed by atoms with Gasteiger partial charge < -0.3 is 20.3 Å². The zero-order valence-corrected chi connectivity index (χ0v) is 17.3. The van der Waals surface area contributed by atoms with Gasteiger partial charge in [-0.15, -0.1) is 24.0 Å². The number of hydrogen-bond acceptors (Lipinski definition) is 3. The van der Waals surface area contributed by atoms with Crippen LogP contribution in [0.4, 0.5) is 0 Å². The number of guanidine groups is 1. The van der Waals surface area contributed by atoms with Crippen LogP contribution in [0.2, 0.25) is 0 Å². The molecule has 7 heteroatoms. The molecular weight excluding hydrogens is 419 g/mol. The number of nitrogens with zero attached hydrogens (tertiary/aromatic N) is 2. The molecule has 6 nitrogen and oxygen atoms in total. The number of nitrogens with one attached hydrogen (secondary N) is 2. The normalized spacial score (nSPS) is 18.5. The number of para-hydroxylation sites is 1. The molecule has 1 heterocycles. The summed E-state index contributed by atoms with van der Waals surface area (Å²) in [5.41, 5.74) is 0.846. The van der Waals surface area contributed by atoms with Crippen molar-refractivity contribution < 1.29 is 9.53 Å². The molecule has 2 N–H and O–H groups in total. The molecule has 0 saturated carbocycles. The molecule has 1 amide bonds. The van der Waals surface area contributed by atoms with Gasteiger partial charge in [-0.2, -0.15) is 0 Å². The van der Waals surface area contributed by atoms with E-state index in [9.17, 15) is 4.79 Å². The van der Waals surface area contributed by atoms with Crippen LogP contribution < -0.4 is 15.4 Å². The van der Waals surface area contributed by atoms with E-state index in [1.165, 1.54) is 0 Å². The average Bonchev–Trinajstić information content (AvgIpc) is 2.49. The third-order valence-electron chi connectivity index (χ3n) is 3.82. The number of fused-ring (bicyclic) bond motifs is 1.